The van der Waals surface area contributed by atoms with Gasteiger partial charge < -0.3 is 20.5 Å². The predicted octanol–water partition coefficient (Wildman–Crippen LogP) is 5.83. The lowest BCUT2D eigenvalue weighted by Crippen LogP contribution is -2.20. The normalized spacial score (nSPS) is 11.5. The fourth-order valence-corrected chi connectivity index (χ4v) is 4.86. The monoisotopic (exact) mass is 581 g/mol. The van der Waals surface area contributed by atoms with Crippen LogP contribution in [0.5, 0.6) is 0 Å². The fourth-order valence-electron chi connectivity index (χ4n) is 4.86. The molecule has 1 amide bonds. The Morgan fingerprint density at radius 2 is 1.81 bits per heavy atom. The number of nitrogens with one attached hydrogen (secondary N) is 4. The van der Waals surface area contributed by atoms with Gasteiger partial charge in [0.05, 0.1) is 23.1 Å². The third-order valence-corrected chi connectivity index (χ3v) is 6.99. The molecule has 0 saturated carbocycles. The number of amides is 1. The molecule has 0 radical (unpaired) electrons. The SMILES string of the molecule is CCC(=O)Nc1cncc(-c2cc(F)c3n[nH]c(-c4nc5c(-c6cc(F)cc(NCCN(C)C)c6)nccc5[nH]4)c3c2)c1. The molecule has 0 unspecified atom stereocenters. The van der Waals surface area contributed by atoms with Gasteiger partial charge in [-0.15, -0.1) is 0 Å². The molecule has 4 aromatic heterocycles. The summed E-state index contributed by atoms with van der Waals surface area (Å²) >= 11 is 0. The number of carbonyl (C=O) groups is 1. The standard InChI is InChI=1S/C31H29F2N9O/c1-4-26(43)37-22-11-19(15-34-16-22)17-12-23-28(24(33)13-17)40-41-29(23)31-38-25-5-6-36-27(30(25)39-31)18-9-20(32)14-21(10-18)35-7-8-42(2)3/h5-6,9-16,35H,4,7-8H2,1-3H3,(H,37,43)(H,38,39)(H,40,41). The van der Waals surface area contributed by atoms with Gasteiger partial charge in [0.1, 0.15) is 22.5 Å². The predicted molar refractivity (Wildman–Crippen MR) is 164 cm³/mol. The summed E-state index contributed by atoms with van der Waals surface area (Å²) in [6.45, 7) is 3.20. The van der Waals surface area contributed by atoms with Crippen molar-refractivity contribution in [1.82, 2.24) is 35.0 Å². The number of fused-ring (bicyclic) bond motifs is 2. The second-order valence-corrected chi connectivity index (χ2v) is 10.4. The van der Waals surface area contributed by atoms with Crippen LogP contribution < -0.4 is 10.6 Å². The average molecular weight is 582 g/mol. The summed E-state index contributed by atoms with van der Waals surface area (Å²) in [4.78, 5) is 30.7. The van der Waals surface area contributed by atoms with E-state index in [1.165, 1.54) is 24.4 Å². The van der Waals surface area contributed by atoms with E-state index >= 15 is 4.39 Å². The number of imidazole rings is 1. The number of aromatic amines is 2. The number of rotatable bonds is 9. The smallest absolute Gasteiger partial charge is 0.224 e. The maximum Gasteiger partial charge on any atom is 0.224 e. The average Bonchev–Trinajstić information content (AvgIpc) is 3.61. The highest BCUT2D eigenvalue weighted by Gasteiger charge is 2.19. The lowest BCUT2D eigenvalue weighted by molar-refractivity contribution is -0.115. The van der Waals surface area contributed by atoms with E-state index in [2.05, 4.69) is 35.8 Å². The summed E-state index contributed by atoms with van der Waals surface area (Å²) in [6, 6.07) is 11.4. The summed E-state index contributed by atoms with van der Waals surface area (Å²) < 4.78 is 29.9. The molecule has 0 aliphatic heterocycles. The van der Waals surface area contributed by atoms with Crippen LogP contribution in [0.1, 0.15) is 13.3 Å². The number of hydrogen-bond acceptors (Lipinski definition) is 7. The molecule has 2 aromatic carbocycles. The molecule has 4 heterocycles. The molecule has 0 spiro atoms. The van der Waals surface area contributed by atoms with Crippen LogP contribution in [0, 0.1) is 11.6 Å². The van der Waals surface area contributed by atoms with Crippen LogP contribution in [0.2, 0.25) is 0 Å². The summed E-state index contributed by atoms with van der Waals surface area (Å²) in [5.41, 5.74) is 5.25. The Hall–Kier alpha value is -5.23. The lowest BCUT2D eigenvalue weighted by Gasteiger charge is -2.12. The minimum atomic E-state index is -0.523. The highest BCUT2D eigenvalue weighted by molar-refractivity contribution is 5.98. The number of likely N-dealkylation sites (N-methyl/N-ethyl adjacent to an activating group) is 1. The molecule has 6 aromatic rings. The van der Waals surface area contributed by atoms with Gasteiger partial charge in [-0.25, -0.2) is 13.8 Å². The number of hydrogen-bond donors (Lipinski definition) is 4. The minimum absolute atomic E-state index is 0.147. The van der Waals surface area contributed by atoms with Crippen molar-refractivity contribution in [2.75, 3.05) is 37.8 Å². The van der Waals surface area contributed by atoms with E-state index in [4.69, 9.17) is 4.98 Å². The third-order valence-electron chi connectivity index (χ3n) is 6.99. The van der Waals surface area contributed by atoms with E-state index in [1.54, 1.807) is 37.5 Å². The number of benzene rings is 2. The molecule has 4 N–H and O–H groups in total. The quantitative estimate of drug-likeness (QED) is 0.169. The zero-order valence-corrected chi connectivity index (χ0v) is 23.8. The number of pyridine rings is 2. The molecule has 0 bridgehead atoms. The molecule has 6 rings (SSSR count). The van der Waals surface area contributed by atoms with Gasteiger partial charge >= 0.3 is 0 Å². The number of carbonyl (C=O) groups excluding carboxylic acids is 1. The number of anilines is 2. The Labute approximate surface area is 245 Å². The Kier molecular flexibility index (Phi) is 7.51. The number of aromatic nitrogens is 6. The maximum absolute atomic E-state index is 15.3. The van der Waals surface area contributed by atoms with Crippen LogP contribution in [0.4, 0.5) is 20.2 Å². The molecule has 10 nitrogen and oxygen atoms in total. The van der Waals surface area contributed by atoms with E-state index in [0.29, 0.717) is 74.7 Å². The van der Waals surface area contributed by atoms with Crippen LogP contribution >= 0.6 is 0 Å². The van der Waals surface area contributed by atoms with E-state index in [9.17, 15) is 9.18 Å². The highest BCUT2D eigenvalue weighted by Crippen LogP contribution is 2.34. The fraction of sp³-hybridized carbons (Fsp3) is 0.194. The Morgan fingerprint density at radius 1 is 0.977 bits per heavy atom. The summed E-state index contributed by atoms with van der Waals surface area (Å²) in [5.74, 6) is -0.641. The van der Waals surface area contributed by atoms with Gasteiger partial charge in [0.2, 0.25) is 5.91 Å². The van der Waals surface area contributed by atoms with Crippen molar-refractivity contribution in [3.05, 3.63) is 72.7 Å². The van der Waals surface area contributed by atoms with E-state index in [0.717, 1.165) is 6.54 Å². The Balaban J connectivity index is 1.39. The van der Waals surface area contributed by atoms with E-state index in [1.807, 2.05) is 25.1 Å². The van der Waals surface area contributed by atoms with E-state index in [-0.39, 0.29) is 11.4 Å². The van der Waals surface area contributed by atoms with Gasteiger partial charge in [0.15, 0.2) is 11.6 Å². The molecule has 218 valence electrons. The zero-order valence-electron chi connectivity index (χ0n) is 23.8. The van der Waals surface area contributed by atoms with Gasteiger partial charge in [-0.2, -0.15) is 5.10 Å². The van der Waals surface area contributed by atoms with Crippen LogP contribution in [0.3, 0.4) is 0 Å². The molecule has 43 heavy (non-hydrogen) atoms. The number of halogens is 2. The second kappa shape index (κ2) is 11.6. The van der Waals surface area contributed by atoms with Crippen molar-refractivity contribution in [2.45, 2.75) is 13.3 Å². The van der Waals surface area contributed by atoms with Crippen molar-refractivity contribution < 1.29 is 13.6 Å². The first-order chi connectivity index (χ1) is 20.8. The van der Waals surface area contributed by atoms with Crippen LogP contribution in [0.25, 0.3) is 55.8 Å². The highest BCUT2D eigenvalue weighted by atomic mass is 19.1. The van der Waals surface area contributed by atoms with E-state index < -0.39 is 11.6 Å². The molecule has 12 heteroatoms. The minimum Gasteiger partial charge on any atom is -0.384 e. The van der Waals surface area contributed by atoms with Crippen LogP contribution in [0.15, 0.2) is 61.1 Å². The van der Waals surface area contributed by atoms with Crippen LogP contribution in [-0.4, -0.2) is 68.1 Å². The maximum atomic E-state index is 15.3. The van der Waals surface area contributed by atoms with Gasteiger partial charge in [-0.05, 0) is 62.1 Å². The number of H-pyrrole nitrogens is 2. The first kappa shape index (κ1) is 27.9. The first-order valence-corrected chi connectivity index (χ1v) is 13.8. The summed E-state index contributed by atoms with van der Waals surface area (Å²) in [7, 11) is 3.95. The molecule has 0 atom stereocenters. The van der Waals surface area contributed by atoms with Gasteiger partial charge in [-0.1, -0.05) is 6.92 Å². The van der Waals surface area contributed by atoms with Crippen LogP contribution in [-0.2, 0) is 4.79 Å². The molecular formula is C31H29F2N9O. The molecule has 0 fully saturated rings. The number of nitrogens with zero attached hydrogens (tertiary/aromatic N) is 5. The molecular weight excluding hydrogens is 552 g/mol. The molecule has 0 aliphatic rings. The zero-order chi connectivity index (χ0) is 30.1. The van der Waals surface area contributed by atoms with Crippen molar-refractivity contribution in [1.29, 1.82) is 0 Å². The molecule has 0 saturated heterocycles. The van der Waals surface area contributed by atoms with Crippen molar-refractivity contribution in [2.24, 2.45) is 0 Å². The first-order valence-electron chi connectivity index (χ1n) is 13.8. The van der Waals surface area contributed by atoms with Gasteiger partial charge in [0, 0.05) is 54.1 Å². The van der Waals surface area contributed by atoms with Crippen molar-refractivity contribution >= 4 is 39.2 Å². The Bertz CT molecular complexity index is 1960. The summed E-state index contributed by atoms with van der Waals surface area (Å²) in [5, 5.41) is 13.6. The Morgan fingerprint density at radius 3 is 2.63 bits per heavy atom. The third kappa shape index (κ3) is 5.77. The van der Waals surface area contributed by atoms with Gasteiger partial charge in [-0.3, -0.25) is 19.9 Å². The largest absolute Gasteiger partial charge is 0.384 e. The summed E-state index contributed by atoms with van der Waals surface area (Å²) in [6.07, 6.45) is 5.09. The second-order valence-electron chi connectivity index (χ2n) is 10.4. The van der Waals surface area contributed by atoms with Crippen molar-refractivity contribution in [3.8, 4) is 33.9 Å². The topological polar surface area (TPSA) is 128 Å². The van der Waals surface area contributed by atoms with Gasteiger partial charge in [0.25, 0.3) is 0 Å². The molecule has 0 aliphatic carbocycles. The van der Waals surface area contributed by atoms with Crippen molar-refractivity contribution in [3.63, 3.8) is 0 Å². The lowest BCUT2D eigenvalue weighted by atomic mass is 10.0.